The Bertz CT molecular complexity index is 745. The van der Waals surface area contributed by atoms with Crippen LogP contribution in [0.2, 0.25) is 0 Å². The van der Waals surface area contributed by atoms with Crippen molar-refractivity contribution in [3.63, 3.8) is 0 Å². The molecule has 3 saturated heterocycles. The Labute approximate surface area is 210 Å². The quantitative estimate of drug-likeness (QED) is 0.135. The highest BCUT2D eigenvalue weighted by Crippen LogP contribution is 2.32. The fourth-order valence-corrected chi connectivity index (χ4v) is 4.45. The van der Waals surface area contributed by atoms with Crippen LogP contribution in [0.1, 0.15) is 6.92 Å². The molecular weight excluding hydrogens is 510 g/mol. The SMILES string of the molecule is CC(=O)NC1C(OC2C(O)C(O)OC(CO)C2O)OC(CO)C(O)C1OC1OC(CO)C(O)C(O)C1O. The number of aliphatic hydroxyl groups is 10. The Morgan fingerprint density at radius 3 is 1.70 bits per heavy atom. The summed E-state index contributed by atoms with van der Waals surface area (Å²) >= 11 is 0. The molecule has 37 heavy (non-hydrogen) atoms. The van der Waals surface area contributed by atoms with Crippen LogP contribution in [0.4, 0.5) is 0 Å². The lowest BCUT2D eigenvalue weighted by Gasteiger charge is -2.49. The molecule has 0 radical (unpaired) electrons. The van der Waals surface area contributed by atoms with E-state index in [1.165, 1.54) is 0 Å². The van der Waals surface area contributed by atoms with Crippen molar-refractivity contribution < 1.29 is 79.5 Å². The smallest absolute Gasteiger partial charge is 0.217 e. The molecular formula is C20H35NO16. The van der Waals surface area contributed by atoms with Gasteiger partial charge < -0.3 is 80.1 Å². The number of rotatable bonds is 8. The van der Waals surface area contributed by atoms with Crippen LogP contribution in [0.3, 0.4) is 0 Å². The molecule has 0 aliphatic carbocycles. The van der Waals surface area contributed by atoms with Crippen LogP contribution in [-0.2, 0) is 28.5 Å². The molecule has 0 spiro atoms. The molecule has 17 heteroatoms. The summed E-state index contributed by atoms with van der Waals surface area (Å²) in [5.41, 5.74) is 0. The number of carbonyl (C=O) groups is 1. The molecule has 216 valence electrons. The molecule has 15 unspecified atom stereocenters. The summed E-state index contributed by atoms with van der Waals surface area (Å²) < 4.78 is 27.1. The molecule has 3 aliphatic rings. The van der Waals surface area contributed by atoms with Crippen molar-refractivity contribution in [1.29, 1.82) is 0 Å². The van der Waals surface area contributed by atoms with Gasteiger partial charge in [-0.25, -0.2) is 0 Å². The standard InChI is InChI=1S/C20H35NO16/c1-5(25)21-9-16(36-20-14(30)13(29)10(26)6(2-22)35-20)11(27)8(4-24)34-19(9)37-17-12(28)7(3-23)33-18(32)15(17)31/h6-20,22-24,26-32H,2-4H2,1H3,(H,21,25). The van der Waals surface area contributed by atoms with Gasteiger partial charge in [-0.05, 0) is 0 Å². The average molecular weight is 545 g/mol. The van der Waals surface area contributed by atoms with Crippen LogP contribution in [0.5, 0.6) is 0 Å². The maximum atomic E-state index is 12.0. The second-order valence-corrected chi connectivity index (χ2v) is 9.07. The summed E-state index contributed by atoms with van der Waals surface area (Å²) in [7, 11) is 0. The molecule has 3 aliphatic heterocycles. The van der Waals surface area contributed by atoms with Gasteiger partial charge in [0.15, 0.2) is 18.9 Å². The number of hydrogen-bond donors (Lipinski definition) is 11. The van der Waals surface area contributed by atoms with Gasteiger partial charge in [-0.1, -0.05) is 0 Å². The van der Waals surface area contributed by atoms with E-state index in [0.29, 0.717) is 0 Å². The minimum absolute atomic E-state index is 0.694. The van der Waals surface area contributed by atoms with E-state index in [1.807, 2.05) is 0 Å². The van der Waals surface area contributed by atoms with Gasteiger partial charge >= 0.3 is 0 Å². The van der Waals surface area contributed by atoms with Crippen LogP contribution in [0.15, 0.2) is 0 Å². The number of aliphatic hydroxyl groups excluding tert-OH is 10. The Morgan fingerprint density at radius 1 is 0.649 bits per heavy atom. The van der Waals surface area contributed by atoms with Gasteiger partial charge in [0, 0.05) is 6.92 Å². The molecule has 3 rings (SSSR count). The Kier molecular flexibility index (Phi) is 10.5. The van der Waals surface area contributed by atoms with E-state index < -0.39 is 118 Å². The van der Waals surface area contributed by atoms with E-state index in [1.54, 1.807) is 0 Å². The van der Waals surface area contributed by atoms with Crippen molar-refractivity contribution in [2.24, 2.45) is 0 Å². The molecule has 0 aromatic heterocycles. The molecule has 0 aromatic carbocycles. The lowest BCUT2D eigenvalue weighted by atomic mass is 9.94. The third-order valence-corrected chi connectivity index (χ3v) is 6.49. The molecule has 1 amide bonds. The maximum Gasteiger partial charge on any atom is 0.217 e. The molecule has 3 heterocycles. The Balaban J connectivity index is 1.90. The third kappa shape index (κ3) is 6.38. The highest BCUT2D eigenvalue weighted by Gasteiger charge is 2.54. The predicted molar refractivity (Wildman–Crippen MR) is 113 cm³/mol. The number of ether oxygens (including phenoxy) is 5. The van der Waals surface area contributed by atoms with Gasteiger partial charge in [-0.3, -0.25) is 4.79 Å². The topological polar surface area (TPSA) is 278 Å². The van der Waals surface area contributed by atoms with E-state index in [2.05, 4.69) is 5.32 Å². The molecule has 15 atom stereocenters. The molecule has 17 nitrogen and oxygen atoms in total. The highest BCUT2D eigenvalue weighted by molar-refractivity contribution is 5.73. The van der Waals surface area contributed by atoms with E-state index in [-0.39, 0.29) is 0 Å². The van der Waals surface area contributed by atoms with Gasteiger partial charge in [0.05, 0.1) is 19.8 Å². The lowest BCUT2D eigenvalue weighted by Crippen LogP contribution is -2.69. The first-order valence-corrected chi connectivity index (χ1v) is 11.6. The number of nitrogens with one attached hydrogen (secondary N) is 1. The average Bonchev–Trinajstić information content (AvgIpc) is 2.86. The minimum Gasteiger partial charge on any atom is -0.394 e. The monoisotopic (exact) mass is 545 g/mol. The summed E-state index contributed by atoms with van der Waals surface area (Å²) in [6.07, 6.45) is -23.4. The Morgan fingerprint density at radius 2 is 1.14 bits per heavy atom. The van der Waals surface area contributed by atoms with Crippen molar-refractivity contribution in [2.75, 3.05) is 19.8 Å². The first-order valence-electron chi connectivity index (χ1n) is 11.6. The number of hydrogen-bond acceptors (Lipinski definition) is 16. The summed E-state index contributed by atoms with van der Waals surface area (Å²) in [5, 5.41) is 103. The highest BCUT2D eigenvalue weighted by atomic mass is 16.7. The number of carbonyl (C=O) groups excluding carboxylic acids is 1. The van der Waals surface area contributed by atoms with Crippen molar-refractivity contribution in [3.05, 3.63) is 0 Å². The van der Waals surface area contributed by atoms with Crippen LogP contribution >= 0.6 is 0 Å². The van der Waals surface area contributed by atoms with Gasteiger partial charge in [0.2, 0.25) is 5.91 Å². The van der Waals surface area contributed by atoms with Crippen molar-refractivity contribution >= 4 is 5.91 Å². The van der Waals surface area contributed by atoms with Gasteiger partial charge in [-0.2, -0.15) is 0 Å². The largest absolute Gasteiger partial charge is 0.394 e. The second-order valence-electron chi connectivity index (χ2n) is 9.07. The van der Waals surface area contributed by atoms with Crippen molar-refractivity contribution in [1.82, 2.24) is 5.32 Å². The van der Waals surface area contributed by atoms with E-state index in [4.69, 9.17) is 23.7 Å². The first kappa shape index (κ1) is 30.4. The summed E-state index contributed by atoms with van der Waals surface area (Å²) in [5.74, 6) is -0.694. The fraction of sp³-hybridized carbons (Fsp3) is 0.950. The van der Waals surface area contributed by atoms with Crippen LogP contribution < -0.4 is 5.32 Å². The summed E-state index contributed by atoms with van der Waals surface area (Å²) in [6, 6.07) is -1.48. The van der Waals surface area contributed by atoms with Crippen LogP contribution in [0, 0.1) is 0 Å². The van der Waals surface area contributed by atoms with E-state index in [0.717, 1.165) is 6.92 Å². The third-order valence-electron chi connectivity index (χ3n) is 6.49. The molecule has 3 fully saturated rings. The zero-order chi connectivity index (χ0) is 27.6. The molecule has 11 N–H and O–H groups in total. The van der Waals surface area contributed by atoms with Gasteiger partial charge in [0.1, 0.15) is 73.2 Å². The lowest BCUT2D eigenvalue weighted by molar-refractivity contribution is -0.363. The Hall–Kier alpha value is -1.13. The second kappa shape index (κ2) is 12.8. The van der Waals surface area contributed by atoms with Crippen LogP contribution in [0.25, 0.3) is 0 Å². The summed E-state index contributed by atoms with van der Waals surface area (Å²) in [4.78, 5) is 12.0. The zero-order valence-corrected chi connectivity index (χ0v) is 19.7. The van der Waals surface area contributed by atoms with E-state index >= 15 is 0 Å². The van der Waals surface area contributed by atoms with Gasteiger partial charge in [0.25, 0.3) is 0 Å². The van der Waals surface area contributed by atoms with Gasteiger partial charge in [-0.15, -0.1) is 0 Å². The molecule has 0 bridgehead atoms. The first-order chi connectivity index (χ1) is 17.4. The zero-order valence-electron chi connectivity index (χ0n) is 19.7. The number of amides is 1. The van der Waals surface area contributed by atoms with E-state index in [9.17, 15) is 55.9 Å². The molecule has 0 saturated carbocycles. The fourth-order valence-electron chi connectivity index (χ4n) is 4.45. The normalized spacial score (nSPS) is 49.0. The summed E-state index contributed by atoms with van der Waals surface area (Å²) in [6.45, 7) is -1.25. The van der Waals surface area contributed by atoms with Crippen LogP contribution in [-0.4, -0.2) is 169 Å². The predicted octanol–water partition coefficient (Wildman–Crippen LogP) is -7.43. The molecule has 0 aromatic rings. The maximum absolute atomic E-state index is 12.0. The minimum atomic E-state index is -1.88. The van der Waals surface area contributed by atoms with Crippen molar-refractivity contribution in [2.45, 2.75) is 99.0 Å². The van der Waals surface area contributed by atoms with Crippen molar-refractivity contribution in [3.8, 4) is 0 Å².